The van der Waals surface area contributed by atoms with Gasteiger partial charge in [0.05, 0.1) is 12.1 Å². The summed E-state index contributed by atoms with van der Waals surface area (Å²) in [4.78, 5) is 6.45. The predicted molar refractivity (Wildman–Crippen MR) is 82.9 cm³/mol. The van der Waals surface area contributed by atoms with Crippen LogP contribution in [0.15, 0.2) is 4.99 Å². The van der Waals surface area contributed by atoms with Crippen LogP contribution in [0.5, 0.6) is 0 Å². The van der Waals surface area contributed by atoms with Crippen LogP contribution in [0.25, 0.3) is 0 Å². The van der Waals surface area contributed by atoms with Crippen LogP contribution >= 0.6 is 24.0 Å². The summed E-state index contributed by atoms with van der Waals surface area (Å²) in [6, 6.07) is 0. The molecule has 1 fully saturated rings. The second kappa shape index (κ2) is 8.13. The number of hydrogen-bond acceptors (Lipinski definition) is 2. The van der Waals surface area contributed by atoms with Crippen LogP contribution < -0.4 is 5.73 Å². The first-order valence-electron chi connectivity index (χ1n) is 6.38. The highest BCUT2D eigenvalue weighted by molar-refractivity contribution is 14.0. The number of nitrogens with two attached hydrogens (primary N) is 1. The predicted octanol–water partition coefficient (Wildman–Crippen LogP) is 1.96. The molecule has 0 radical (unpaired) electrons. The van der Waals surface area contributed by atoms with E-state index in [4.69, 9.17) is 5.73 Å². The fraction of sp³-hybridized carbons (Fsp3) is 0.917. The van der Waals surface area contributed by atoms with E-state index in [1.54, 1.807) is 0 Å². The van der Waals surface area contributed by atoms with Crippen molar-refractivity contribution in [2.24, 2.45) is 10.7 Å². The van der Waals surface area contributed by atoms with E-state index in [2.05, 4.69) is 9.89 Å². The van der Waals surface area contributed by atoms with Gasteiger partial charge in [-0.1, -0.05) is 13.8 Å². The normalized spacial score (nSPS) is 17.8. The van der Waals surface area contributed by atoms with Crippen molar-refractivity contribution in [1.29, 1.82) is 0 Å². The summed E-state index contributed by atoms with van der Waals surface area (Å²) in [6.07, 6.45) is 5.13. The van der Waals surface area contributed by atoms with Gasteiger partial charge < -0.3 is 15.7 Å². The molecule has 1 rings (SSSR count). The molecule has 5 heteroatoms. The second-order valence-corrected chi connectivity index (χ2v) is 4.65. The Hall–Kier alpha value is -0.0400. The Kier molecular flexibility index (Phi) is 8.11. The van der Waals surface area contributed by atoms with E-state index >= 15 is 0 Å². The Morgan fingerprint density at radius 1 is 1.24 bits per heavy atom. The lowest BCUT2D eigenvalue weighted by atomic mass is 9.98. The maximum Gasteiger partial charge on any atom is 0.191 e. The number of aliphatic hydroxyl groups is 1. The first-order chi connectivity index (χ1) is 7.61. The topological polar surface area (TPSA) is 61.9 Å². The standard InChI is InChI=1S/C12H25N3O.HI/c1-3-12(16,4-2)10-14-11(13)15-8-6-5-7-9-15;/h16H,3-10H2,1-2H3,(H2,13,14);1H. The molecule has 1 saturated heterocycles. The third-order valence-electron chi connectivity index (χ3n) is 3.53. The highest BCUT2D eigenvalue weighted by Gasteiger charge is 2.22. The van der Waals surface area contributed by atoms with Gasteiger partial charge in [-0.15, -0.1) is 24.0 Å². The van der Waals surface area contributed by atoms with Crippen LogP contribution in [0, 0.1) is 0 Å². The van der Waals surface area contributed by atoms with E-state index in [1.165, 1.54) is 19.3 Å². The van der Waals surface area contributed by atoms with Crippen LogP contribution in [-0.2, 0) is 0 Å². The minimum atomic E-state index is -0.680. The second-order valence-electron chi connectivity index (χ2n) is 4.65. The van der Waals surface area contributed by atoms with Crippen LogP contribution in [-0.4, -0.2) is 41.2 Å². The number of rotatable bonds is 4. The van der Waals surface area contributed by atoms with E-state index in [-0.39, 0.29) is 24.0 Å². The van der Waals surface area contributed by atoms with Gasteiger partial charge in [0.25, 0.3) is 0 Å². The molecule has 1 aliphatic rings. The van der Waals surface area contributed by atoms with Gasteiger partial charge in [0.2, 0.25) is 0 Å². The monoisotopic (exact) mass is 355 g/mol. The van der Waals surface area contributed by atoms with E-state index < -0.39 is 5.60 Å². The van der Waals surface area contributed by atoms with E-state index in [9.17, 15) is 5.11 Å². The van der Waals surface area contributed by atoms with Crippen molar-refractivity contribution in [1.82, 2.24) is 4.90 Å². The third kappa shape index (κ3) is 5.42. The quantitative estimate of drug-likeness (QED) is 0.460. The fourth-order valence-electron chi connectivity index (χ4n) is 1.92. The van der Waals surface area contributed by atoms with E-state index in [0.29, 0.717) is 12.5 Å². The van der Waals surface area contributed by atoms with E-state index in [0.717, 1.165) is 25.9 Å². The van der Waals surface area contributed by atoms with Crippen molar-refractivity contribution in [3.63, 3.8) is 0 Å². The molecule has 0 atom stereocenters. The van der Waals surface area contributed by atoms with Crippen LogP contribution in [0.3, 0.4) is 0 Å². The summed E-state index contributed by atoms with van der Waals surface area (Å²) in [5.41, 5.74) is 5.25. The summed E-state index contributed by atoms with van der Waals surface area (Å²) >= 11 is 0. The SMILES string of the molecule is CCC(O)(CC)CN=C(N)N1CCCCC1.I. The number of likely N-dealkylation sites (tertiary alicyclic amines) is 1. The maximum atomic E-state index is 10.1. The molecule has 0 aliphatic carbocycles. The molecule has 0 aromatic rings. The van der Waals surface area contributed by atoms with Gasteiger partial charge in [-0.05, 0) is 32.1 Å². The largest absolute Gasteiger partial charge is 0.388 e. The van der Waals surface area contributed by atoms with Crippen molar-refractivity contribution >= 4 is 29.9 Å². The number of halogens is 1. The Morgan fingerprint density at radius 2 is 1.76 bits per heavy atom. The summed E-state index contributed by atoms with van der Waals surface area (Å²) in [5.74, 6) is 0.597. The zero-order valence-electron chi connectivity index (χ0n) is 11.0. The molecule has 0 aromatic carbocycles. The van der Waals surface area contributed by atoms with Gasteiger partial charge in [-0.3, -0.25) is 4.99 Å². The van der Waals surface area contributed by atoms with Crippen LogP contribution in [0.1, 0.15) is 46.0 Å². The Morgan fingerprint density at radius 3 is 2.24 bits per heavy atom. The van der Waals surface area contributed by atoms with Gasteiger partial charge in [0, 0.05) is 13.1 Å². The maximum absolute atomic E-state index is 10.1. The number of piperidine rings is 1. The van der Waals surface area contributed by atoms with Gasteiger partial charge >= 0.3 is 0 Å². The zero-order chi connectivity index (χ0) is 12.0. The molecule has 1 aliphatic heterocycles. The molecule has 1 heterocycles. The molecule has 0 spiro atoms. The van der Waals surface area contributed by atoms with Crippen LogP contribution in [0.4, 0.5) is 0 Å². The van der Waals surface area contributed by atoms with Crippen molar-refractivity contribution in [2.45, 2.75) is 51.6 Å². The van der Waals surface area contributed by atoms with Crippen molar-refractivity contribution in [3.05, 3.63) is 0 Å². The zero-order valence-corrected chi connectivity index (χ0v) is 13.3. The van der Waals surface area contributed by atoms with Crippen LogP contribution in [0.2, 0.25) is 0 Å². The molecular weight excluding hydrogens is 329 g/mol. The number of hydrogen-bond donors (Lipinski definition) is 2. The minimum Gasteiger partial charge on any atom is -0.388 e. The highest BCUT2D eigenvalue weighted by atomic mass is 127. The van der Waals surface area contributed by atoms with Gasteiger partial charge in [-0.2, -0.15) is 0 Å². The molecule has 0 bridgehead atoms. The van der Waals surface area contributed by atoms with Crippen molar-refractivity contribution < 1.29 is 5.11 Å². The van der Waals surface area contributed by atoms with Crippen molar-refractivity contribution in [2.75, 3.05) is 19.6 Å². The Bertz CT molecular complexity index is 236. The molecule has 3 N–H and O–H groups in total. The highest BCUT2D eigenvalue weighted by Crippen LogP contribution is 2.15. The first kappa shape index (κ1) is 17.0. The van der Waals surface area contributed by atoms with E-state index in [1.807, 2.05) is 13.8 Å². The molecule has 102 valence electrons. The average molecular weight is 355 g/mol. The lowest BCUT2D eigenvalue weighted by molar-refractivity contribution is 0.0416. The molecule has 0 saturated carbocycles. The molecule has 17 heavy (non-hydrogen) atoms. The number of aliphatic imine (C=N–C) groups is 1. The van der Waals surface area contributed by atoms with Gasteiger partial charge in [-0.25, -0.2) is 0 Å². The lowest BCUT2D eigenvalue weighted by Gasteiger charge is -2.29. The minimum absolute atomic E-state index is 0. The third-order valence-corrected chi connectivity index (χ3v) is 3.53. The summed E-state index contributed by atoms with van der Waals surface area (Å²) < 4.78 is 0. The summed E-state index contributed by atoms with van der Waals surface area (Å²) in [6.45, 7) is 6.40. The fourth-order valence-corrected chi connectivity index (χ4v) is 1.92. The average Bonchev–Trinajstić information content (AvgIpc) is 2.36. The molecule has 0 unspecified atom stereocenters. The molecular formula is C12H26IN3O. The molecule has 0 amide bonds. The lowest BCUT2D eigenvalue weighted by Crippen LogP contribution is -2.42. The summed E-state index contributed by atoms with van der Waals surface area (Å²) in [7, 11) is 0. The Labute approximate surface area is 122 Å². The molecule has 0 aromatic heterocycles. The smallest absolute Gasteiger partial charge is 0.191 e. The van der Waals surface area contributed by atoms with Crippen molar-refractivity contribution in [3.8, 4) is 0 Å². The van der Waals surface area contributed by atoms with Gasteiger partial charge in [0.1, 0.15) is 0 Å². The molecule has 4 nitrogen and oxygen atoms in total. The summed E-state index contributed by atoms with van der Waals surface area (Å²) in [5, 5.41) is 10.1. The first-order valence-corrected chi connectivity index (χ1v) is 6.38. The van der Waals surface area contributed by atoms with Gasteiger partial charge in [0.15, 0.2) is 5.96 Å². The number of guanidine groups is 1. The Balaban J connectivity index is 0.00000256. The number of nitrogens with zero attached hydrogens (tertiary/aromatic N) is 2.